The van der Waals surface area contributed by atoms with Crippen molar-refractivity contribution in [3.63, 3.8) is 0 Å². The number of ether oxygens (including phenoxy) is 2. The molecule has 130 valence electrons. The van der Waals surface area contributed by atoms with E-state index < -0.39 is 0 Å². The molecule has 4 heteroatoms. The smallest absolute Gasteiger partial charge is 0.303 e. The highest BCUT2D eigenvalue weighted by atomic mass is 16.6. The molecule has 0 fully saturated rings. The van der Waals surface area contributed by atoms with Crippen molar-refractivity contribution in [2.75, 3.05) is 6.61 Å². The summed E-state index contributed by atoms with van der Waals surface area (Å²) in [6.45, 7) is 5.17. The van der Waals surface area contributed by atoms with Gasteiger partial charge in [-0.1, -0.05) is 64.7 Å². The van der Waals surface area contributed by atoms with Gasteiger partial charge in [-0.25, -0.2) is 0 Å². The quantitative estimate of drug-likeness (QED) is 0.341. The predicted octanol–water partition coefficient (Wildman–Crippen LogP) is 4.79. The number of esters is 2. The van der Waals surface area contributed by atoms with Gasteiger partial charge in [0.2, 0.25) is 0 Å². The maximum Gasteiger partial charge on any atom is 0.303 e. The highest BCUT2D eigenvalue weighted by Gasteiger charge is 2.13. The highest BCUT2D eigenvalue weighted by Crippen LogP contribution is 2.13. The van der Waals surface area contributed by atoms with Crippen LogP contribution in [-0.4, -0.2) is 24.6 Å². The van der Waals surface area contributed by atoms with E-state index in [2.05, 4.69) is 6.92 Å². The monoisotopic (exact) mass is 314 g/mol. The van der Waals surface area contributed by atoms with E-state index in [1.807, 2.05) is 0 Å². The molecule has 0 N–H and O–H groups in total. The van der Waals surface area contributed by atoms with E-state index in [4.69, 9.17) is 9.47 Å². The number of carbonyl (C=O) groups excluding carboxylic acids is 2. The van der Waals surface area contributed by atoms with Crippen LogP contribution in [0.25, 0.3) is 0 Å². The Hall–Kier alpha value is -1.06. The third kappa shape index (κ3) is 15.3. The lowest BCUT2D eigenvalue weighted by atomic mass is 10.0. The van der Waals surface area contributed by atoms with Crippen molar-refractivity contribution >= 4 is 11.9 Å². The molecule has 0 aromatic rings. The van der Waals surface area contributed by atoms with Crippen LogP contribution >= 0.6 is 0 Å². The molecule has 0 aromatic carbocycles. The SMILES string of the molecule is CCCCCCCCCCCCC(COC(C)=O)OC(C)=O. The van der Waals surface area contributed by atoms with Gasteiger partial charge in [0.15, 0.2) is 0 Å². The molecule has 0 saturated heterocycles. The standard InChI is InChI=1S/C18H34O4/c1-4-5-6-7-8-9-10-11-12-13-14-18(22-17(3)20)15-21-16(2)19/h18H,4-15H2,1-3H3. The van der Waals surface area contributed by atoms with E-state index in [0.717, 1.165) is 19.3 Å². The number of rotatable bonds is 14. The number of unbranched alkanes of at least 4 members (excludes halogenated alkanes) is 9. The minimum absolute atomic E-state index is 0.173. The van der Waals surface area contributed by atoms with Crippen molar-refractivity contribution in [3.05, 3.63) is 0 Å². The minimum atomic E-state index is -0.333. The van der Waals surface area contributed by atoms with Crippen LogP contribution in [0.5, 0.6) is 0 Å². The fourth-order valence-electron chi connectivity index (χ4n) is 2.48. The van der Waals surface area contributed by atoms with Gasteiger partial charge in [0.25, 0.3) is 0 Å². The van der Waals surface area contributed by atoms with Gasteiger partial charge in [0, 0.05) is 13.8 Å². The van der Waals surface area contributed by atoms with Crippen LogP contribution < -0.4 is 0 Å². The maximum atomic E-state index is 11.0. The summed E-state index contributed by atoms with van der Waals surface area (Å²) < 4.78 is 10.1. The second-order valence-electron chi connectivity index (χ2n) is 6.00. The Morgan fingerprint density at radius 3 is 1.73 bits per heavy atom. The zero-order chi connectivity index (χ0) is 16.6. The normalized spacial score (nSPS) is 12.0. The minimum Gasteiger partial charge on any atom is -0.462 e. The Bertz CT molecular complexity index is 289. The van der Waals surface area contributed by atoms with Gasteiger partial charge in [0.1, 0.15) is 12.7 Å². The predicted molar refractivity (Wildman–Crippen MR) is 88.6 cm³/mol. The summed E-state index contributed by atoms with van der Waals surface area (Å²) in [5.74, 6) is -0.649. The van der Waals surface area contributed by atoms with E-state index in [0.29, 0.717) is 0 Å². The Kier molecular flexibility index (Phi) is 14.1. The molecule has 0 spiro atoms. The largest absolute Gasteiger partial charge is 0.462 e. The third-order valence-corrected chi connectivity index (χ3v) is 3.68. The molecule has 0 rings (SSSR count). The number of hydrogen-bond acceptors (Lipinski definition) is 4. The molecule has 1 atom stereocenters. The molecule has 0 aliphatic carbocycles. The second-order valence-corrected chi connectivity index (χ2v) is 6.00. The van der Waals surface area contributed by atoms with Gasteiger partial charge in [-0.15, -0.1) is 0 Å². The molecule has 0 bridgehead atoms. The van der Waals surface area contributed by atoms with E-state index in [1.54, 1.807) is 0 Å². The van der Waals surface area contributed by atoms with E-state index in [1.165, 1.54) is 65.2 Å². The molecular weight excluding hydrogens is 280 g/mol. The first-order chi connectivity index (χ1) is 10.6. The summed E-state index contributed by atoms with van der Waals surface area (Å²) in [4.78, 5) is 21.8. The van der Waals surface area contributed by atoms with Crippen molar-refractivity contribution in [3.8, 4) is 0 Å². The topological polar surface area (TPSA) is 52.6 Å². The fraction of sp³-hybridized carbons (Fsp3) is 0.889. The zero-order valence-electron chi connectivity index (χ0n) is 14.7. The third-order valence-electron chi connectivity index (χ3n) is 3.68. The van der Waals surface area contributed by atoms with Crippen LogP contribution in [0, 0.1) is 0 Å². The summed E-state index contributed by atoms with van der Waals surface area (Å²) in [6, 6.07) is 0. The molecule has 0 aliphatic rings. The van der Waals surface area contributed by atoms with Crippen LogP contribution in [0.2, 0.25) is 0 Å². The van der Waals surface area contributed by atoms with Gasteiger partial charge >= 0.3 is 11.9 Å². The van der Waals surface area contributed by atoms with Crippen molar-refractivity contribution in [2.45, 2.75) is 97.5 Å². The van der Waals surface area contributed by atoms with Crippen LogP contribution in [0.4, 0.5) is 0 Å². The number of carbonyl (C=O) groups is 2. The highest BCUT2D eigenvalue weighted by molar-refractivity contribution is 5.67. The Morgan fingerprint density at radius 2 is 1.27 bits per heavy atom. The summed E-state index contributed by atoms with van der Waals surface area (Å²) in [5.41, 5.74) is 0. The van der Waals surface area contributed by atoms with Gasteiger partial charge < -0.3 is 9.47 Å². The maximum absolute atomic E-state index is 11.0. The first-order valence-electron chi connectivity index (χ1n) is 8.86. The Balaban J connectivity index is 3.54. The zero-order valence-corrected chi connectivity index (χ0v) is 14.7. The van der Waals surface area contributed by atoms with Crippen molar-refractivity contribution in [1.29, 1.82) is 0 Å². The summed E-state index contributed by atoms with van der Waals surface area (Å²) in [5, 5.41) is 0. The van der Waals surface area contributed by atoms with Crippen LogP contribution in [0.15, 0.2) is 0 Å². The Morgan fingerprint density at radius 1 is 0.773 bits per heavy atom. The summed E-state index contributed by atoms with van der Waals surface area (Å²) >= 11 is 0. The molecule has 0 amide bonds. The van der Waals surface area contributed by atoms with Gasteiger partial charge in [-0.2, -0.15) is 0 Å². The van der Waals surface area contributed by atoms with Crippen molar-refractivity contribution < 1.29 is 19.1 Å². The fourth-order valence-corrected chi connectivity index (χ4v) is 2.48. The van der Waals surface area contributed by atoms with Crippen LogP contribution in [-0.2, 0) is 19.1 Å². The first-order valence-corrected chi connectivity index (χ1v) is 8.86. The average molecular weight is 314 g/mol. The molecule has 1 unspecified atom stereocenters. The first kappa shape index (κ1) is 20.9. The van der Waals surface area contributed by atoms with Gasteiger partial charge in [0.05, 0.1) is 0 Å². The number of hydrogen-bond donors (Lipinski definition) is 0. The van der Waals surface area contributed by atoms with E-state index in [9.17, 15) is 9.59 Å². The second kappa shape index (κ2) is 14.9. The van der Waals surface area contributed by atoms with Gasteiger partial charge in [-0.3, -0.25) is 9.59 Å². The van der Waals surface area contributed by atoms with Gasteiger partial charge in [-0.05, 0) is 12.8 Å². The summed E-state index contributed by atoms with van der Waals surface area (Å²) in [7, 11) is 0. The molecule has 0 heterocycles. The molecule has 0 aliphatic heterocycles. The van der Waals surface area contributed by atoms with Crippen LogP contribution in [0.3, 0.4) is 0 Å². The lowest BCUT2D eigenvalue weighted by Crippen LogP contribution is -2.23. The average Bonchev–Trinajstić information content (AvgIpc) is 2.45. The van der Waals surface area contributed by atoms with Crippen molar-refractivity contribution in [2.24, 2.45) is 0 Å². The summed E-state index contributed by atoms with van der Waals surface area (Å²) in [6.07, 6.45) is 13.2. The Labute approximate surface area is 135 Å². The molecular formula is C18H34O4. The molecule has 0 saturated carbocycles. The molecule has 0 aromatic heterocycles. The molecule has 22 heavy (non-hydrogen) atoms. The molecule has 4 nitrogen and oxygen atoms in total. The lowest BCUT2D eigenvalue weighted by Gasteiger charge is -2.16. The van der Waals surface area contributed by atoms with Crippen molar-refractivity contribution in [1.82, 2.24) is 0 Å². The van der Waals surface area contributed by atoms with Crippen LogP contribution in [0.1, 0.15) is 91.4 Å². The van der Waals surface area contributed by atoms with E-state index in [-0.39, 0.29) is 24.6 Å². The molecule has 0 radical (unpaired) electrons. The van der Waals surface area contributed by atoms with E-state index >= 15 is 0 Å². The lowest BCUT2D eigenvalue weighted by molar-refractivity contribution is -0.156.